The fourth-order valence-electron chi connectivity index (χ4n) is 5.87. The molecular weight excluding hydrogens is 557 g/mol. The van der Waals surface area contributed by atoms with Crippen molar-refractivity contribution in [2.24, 2.45) is 0 Å². The first-order valence-corrected chi connectivity index (χ1v) is 14.6. The third-order valence-electron chi connectivity index (χ3n) is 8.30. The van der Waals surface area contributed by atoms with Gasteiger partial charge in [-0.15, -0.1) is 0 Å². The highest BCUT2D eigenvalue weighted by atomic mass is 19.4. The first-order chi connectivity index (χ1) is 20.7. The molecule has 4 heterocycles. The number of carbonyl (C=O) groups is 1. The number of piperazine rings is 1. The van der Waals surface area contributed by atoms with Crippen molar-refractivity contribution in [2.45, 2.75) is 39.5 Å². The normalized spacial score (nSPS) is 16.3. The number of alkyl halides is 3. The van der Waals surface area contributed by atoms with E-state index in [2.05, 4.69) is 32.0 Å². The second-order valence-electron chi connectivity index (χ2n) is 11.2. The summed E-state index contributed by atoms with van der Waals surface area (Å²) in [6.07, 6.45) is -2.08. The lowest BCUT2D eigenvalue weighted by molar-refractivity contribution is -0.138. The minimum atomic E-state index is -4.53. The zero-order chi connectivity index (χ0) is 30.1. The molecule has 0 atom stereocenters. The van der Waals surface area contributed by atoms with E-state index in [4.69, 9.17) is 4.74 Å². The summed E-state index contributed by atoms with van der Waals surface area (Å²) >= 11 is 0. The van der Waals surface area contributed by atoms with E-state index in [9.17, 15) is 18.0 Å². The van der Waals surface area contributed by atoms with E-state index in [0.717, 1.165) is 66.6 Å². The van der Waals surface area contributed by atoms with Crippen molar-refractivity contribution in [3.05, 3.63) is 82.7 Å². The number of aryl methyl sites for hydroxylation is 1. The molecule has 2 amide bonds. The SMILES string of the molecule is CCN1CCN(Cc2ccc(NC(=O)N3CCc4ccc(Oc5cc(C)nc6[nH]ccc56)cc4C3)cc2C(F)(F)F)CC1. The molecule has 0 unspecified atom stereocenters. The Morgan fingerprint density at radius 2 is 1.79 bits per heavy atom. The molecule has 1 fully saturated rings. The fourth-order valence-corrected chi connectivity index (χ4v) is 5.87. The topological polar surface area (TPSA) is 76.7 Å². The van der Waals surface area contributed by atoms with E-state index < -0.39 is 17.8 Å². The van der Waals surface area contributed by atoms with Crippen molar-refractivity contribution in [3.63, 3.8) is 0 Å². The summed E-state index contributed by atoms with van der Waals surface area (Å²) in [4.78, 5) is 26.7. The van der Waals surface area contributed by atoms with Gasteiger partial charge in [-0.3, -0.25) is 4.90 Å². The maximum absolute atomic E-state index is 14.1. The smallest absolute Gasteiger partial charge is 0.416 e. The number of fused-ring (bicyclic) bond motifs is 2. The number of likely N-dealkylation sites (N-methyl/N-ethyl adjacent to an activating group) is 1. The van der Waals surface area contributed by atoms with Gasteiger partial charge in [0.1, 0.15) is 17.1 Å². The molecule has 8 nitrogen and oxygen atoms in total. The lowest BCUT2D eigenvalue weighted by Crippen LogP contribution is -2.45. The first kappa shape index (κ1) is 29.0. The van der Waals surface area contributed by atoms with E-state index in [1.165, 1.54) is 6.07 Å². The number of halogens is 3. The van der Waals surface area contributed by atoms with Crippen LogP contribution in [0.1, 0.15) is 34.9 Å². The Kier molecular flexibility index (Phi) is 8.02. The van der Waals surface area contributed by atoms with Gasteiger partial charge in [0.25, 0.3) is 0 Å². The van der Waals surface area contributed by atoms with Gasteiger partial charge in [0.15, 0.2) is 0 Å². The predicted molar refractivity (Wildman–Crippen MR) is 159 cm³/mol. The number of H-pyrrole nitrogens is 1. The summed E-state index contributed by atoms with van der Waals surface area (Å²) < 4.78 is 48.4. The van der Waals surface area contributed by atoms with Gasteiger partial charge >= 0.3 is 12.2 Å². The molecule has 6 rings (SSSR count). The lowest BCUT2D eigenvalue weighted by atomic mass is 9.99. The van der Waals surface area contributed by atoms with Gasteiger partial charge in [0, 0.05) is 69.5 Å². The first-order valence-electron chi connectivity index (χ1n) is 14.6. The quantitative estimate of drug-likeness (QED) is 0.271. The number of ether oxygens (including phenoxy) is 1. The molecule has 0 aliphatic carbocycles. The van der Waals surface area contributed by atoms with Crippen molar-refractivity contribution in [3.8, 4) is 11.5 Å². The van der Waals surface area contributed by atoms with Crippen molar-refractivity contribution >= 4 is 22.8 Å². The van der Waals surface area contributed by atoms with Gasteiger partial charge in [-0.2, -0.15) is 13.2 Å². The number of hydrogen-bond donors (Lipinski definition) is 2. The minimum Gasteiger partial charge on any atom is -0.457 e. The van der Waals surface area contributed by atoms with Crippen LogP contribution in [0.2, 0.25) is 0 Å². The van der Waals surface area contributed by atoms with E-state index in [0.29, 0.717) is 31.0 Å². The maximum atomic E-state index is 14.1. The molecule has 2 aliphatic rings. The van der Waals surface area contributed by atoms with Crippen LogP contribution in [-0.4, -0.2) is 70.0 Å². The highest BCUT2D eigenvalue weighted by Crippen LogP contribution is 2.35. The van der Waals surface area contributed by atoms with E-state index in [-0.39, 0.29) is 17.8 Å². The molecule has 2 aliphatic heterocycles. The Hall–Kier alpha value is -4.09. The number of amides is 2. The van der Waals surface area contributed by atoms with E-state index in [1.807, 2.05) is 43.5 Å². The second kappa shape index (κ2) is 11.9. The number of pyridine rings is 1. The number of aromatic nitrogens is 2. The van der Waals surface area contributed by atoms with Crippen LogP contribution in [0.15, 0.2) is 54.7 Å². The zero-order valence-electron chi connectivity index (χ0n) is 24.3. The van der Waals surface area contributed by atoms with Crippen LogP contribution in [0.25, 0.3) is 11.0 Å². The Morgan fingerprint density at radius 3 is 2.56 bits per heavy atom. The van der Waals surface area contributed by atoms with Crippen LogP contribution in [0.4, 0.5) is 23.7 Å². The average Bonchev–Trinajstić information content (AvgIpc) is 3.46. The van der Waals surface area contributed by atoms with E-state index >= 15 is 0 Å². The maximum Gasteiger partial charge on any atom is 0.416 e. The van der Waals surface area contributed by atoms with Gasteiger partial charge in [-0.25, -0.2) is 9.78 Å². The Bertz CT molecular complexity index is 1630. The monoisotopic (exact) mass is 592 g/mol. The number of hydrogen-bond acceptors (Lipinski definition) is 5. The molecule has 0 saturated carbocycles. The summed E-state index contributed by atoms with van der Waals surface area (Å²) in [5.41, 5.74) is 3.24. The van der Waals surface area contributed by atoms with Crippen LogP contribution in [0.5, 0.6) is 11.5 Å². The highest BCUT2D eigenvalue weighted by molar-refractivity contribution is 5.89. The van der Waals surface area contributed by atoms with Gasteiger partial charge in [0.05, 0.1) is 10.9 Å². The Morgan fingerprint density at radius 1 is 1.00 bits per heavy atom. The molecule has 0 spiro atoms. The van der Waals surface area contributed by atoms with Crippen LogP contribution >= 0.6 is 0 Å². The van der Waals surface area contributed by atoms with Crippen molar-refractivity contribution < 1.29 is 22.7 Å². The molecule has 0 bridgehead atoms. The minimum absolute atomic E-state index is 0.128. The molecule has 2 aromatic heterocycles. The number of rotatable bonds is 6. The Balaban J connectivity index is 1.14. The van der Waals surface area contributed by atoms with Crippen molar-refractivity contribution in [2.75, 3.05) is 44.6 Å². The lowest BCUT2D eigenvalue weighted by Gasteiger charge is -2.34. The molecule has 2 aromatic carbocycles. The van der Waals surface area contributed by atoms with Crippen molar-refractivity contribution in [1.29, 1.82) is 0 Å². The summed E-state index contributed by atoms with van der Waals surface area (Å²) in [5.74, 6) is 1.32. The second-order valence-corrected chi connectivity index (χ2v) is 11.2. The predicted octanol–water partition coefficient (Wildman–Crippen LogP) is 6.41. The third kappa shape index (κ3) is 6.47. The molecule has 2 N–H and O–H groups in total. The van der Waals surface area contributed by atoms with Crippen LogP contribution in [0.3, 0.4) is 0 Å². The number of nitrogens with zero attached hydrogens (tertiary/aromatic N) is 4. The summed E-state index contributed by atoms with van der Waals surface area (Å²) in [6.45, 7) is 9.08. The number of benzene rings is 2. The number of nitrogens with one attached hydrogen (secondary N) is 2. The zero-order valence-corrected chi connectivity index (χ0v) is 24.3. The van der Waals surface area contributed by atoms with E-state index in [1.54, 1.807) is 11.0 Å². The molecule has 226 valence electrons. The fraction of sp³-hybridized carbons (Fsp3) is 0.375. The number of urea groups is 1. The number of anilines is 1. The molecular formula is C32H35F3N6O2. The van der Waals surface area contributed by atoms with Crippen LogP contribution in [0, 0.1) is 6.92 Å². The highest BCUT2D eigenvalue weighted by Gasteiger charge is 2.34. The summed E-state index contributed by atoms with van der Waals surface area (Å²) in [5, 5.41) is 3.57. The Labute approximate surface area is 248 Å². The van der Waals surface area contributed by atoms with Gasteiger partial charge in [-0.1, -0.05) is 19.1 Å². The van der Waals surface area contributed by atoms with Crippen LogP contribution in [-0.2, 0) is 25.7 Å². The summed E-state index contributed by atoms with van der Waals surface area (Å²) in [7, 11) is 0. The molecule has 1 saturated heterocycles. The molecule has 4 aromatic rings. The van der Waals surface area contributed by atoms with Crippen molar-refractivity contribution in [1.82, 2.24) is 24.7 Å². The standard InChI is InChI=1S/C32H35F3N6O2/c1-3-39-12-14-40(15-13-39)19-23-4-6-25(18-28(23)32(33,34)35)38-31(42)41-11-9-22-5-7-26(17-24(22)20-41)43-29-16-21(2)37-30-27(29)8-10-36-30/h4-8,10,16-18H,3,9,11-15,19-20H2,1-2H3,(H,36,37)(H,38,42). The molecule has 11 heteroatoms. The third-order valence-corrected chi connectivity index (χ3v) is 8.30. The average molecular weight is 593 g/mol. The van der Waals surface area contributed by atoms with Gasteiger partial charge < -0.3 is 24.8 Å². The van der Waals surface area contributed by atoms with Crippen LogP contribution < -0.4 is 10.1 Å². The molecule has 43 heavy (non-hydrogen) atoms. The summed E-state index contributed by atoms with van der Waals surface area (Å²) in [6, 6.07) is 13.3. The number of carbonyl (C=O) groups excluding carboxylic acids is 1. The van der Waals surface area contributed by atoms with Gasteiger partial charge in [-0.05, 0) is 66.9 Å². The number of aromatic amines is 1. The molecule has 0 radical (unpaired) electrons. The van der Waals surface area contributed by atoms with Gasteiger partial charge in [0.2, 0.25) is 0 Å². The largest absolute Gasteiger partial charge is 0.457 e.